The van der Waals surface area contributed by atoms with Crippen molar-refractivity contribution in [3.8, 4) is 0 Å². The molecule has 2 rings (SSSR count). The van der Waals surface area contributed by atoms with Crippen LogP contribution in [-0.2, 0) is 0 Å². The van der Waals surface area contributed by atoms with Crippen molar-refractivity contribution in [1.29, 1.82) is 0 Å². The maximum atomic E-state index is 11.3. The summed E-state index contributed by atoms with van der Waals surface area (Å²) in [6.45, 7) is 0.714. The Morgan fingerprint density at radius 2 is 2.38 bits per heavy atom. The van der Waals surface area contributed by atoms with Crippen LogP contribution >= 0.6 is 0 Å². The first kappa shape index (κ1) is 8.10. The average Bonchev–Trinajstić information content (AvgIpc) is 2.84. The fraction of sp³-hybridized carbons (Fsp3) is 0.500. The molecule has 0 aliphatic heterocycles. The summed E-state index contributed by atoms with van der Waals surface area (Å²) in [5.41, 5.74) is -0.0535. The van der Waals surface area contributed by atoms with Gasteiger partial charge < -0.3 is 15.3 Å². The molecule has 3 N–H and O–H groups in total. The van der Waals surface area contributed by atoms with Crippen LogP contribution in [0.15, 0.2) is 11.0 Å². The largest absolute Gasteiger partial charge is 0.350 e. The number of carbonyl (C=O) groups excluding carboxylic acids is 1. The van der Waals surface area contributed by atoms with Crippen molar-refractivity contribution in [2.75, 3.05) is 6.54 Å². The van der Waals surface area contributed by atoms with E-state index in [0.717, 1.165) is 0 Å². The van der Waals surface area contributed by atoms with Gasteiger partial charge in [0.05, 0.1) is 0 Å². The first-order chi connectivity index (χ1) is 6.25. The van der Waals surface area contributed by atoms with E-state index in [-0.39, 0.29) is 11.6 Å². The van der Waals surface area contributed by atoms with Gasteiger partial charge in [0.25, 0.3) is 5.91 Å². The Hall–Kier alpha value is -1.52. The number of hydrogen-bond donors (Lipinski definition) is 3. The molecule has 5 heteroatoms. The van der Waals surface area contributed by atoms with Crippen LogP contribution in [0.5, 0.6) is 0 Å². The number of nitrogens with one attached hydrogen (secondary N) is 3. The minimum absolute atomic E-state index is 0.217. The lowest BCUT2D eigenvalue weighted by Crippen LogP contribution is -2.26. The number of rotatable bonds is 3. The van der Waals surface area contributed by atoms with E-state index in [1.807, 2.05) is 0 Å². The molecule has 1 saturated carbocycles. The Morgan fingerprint density at radius 3 is 2.92 bits per heavy atom. The Labute approximate surface area is 74.6 Å². The molecule has 0 radical (unpaired) electrons. The van der Waals surface area contributed by atoms with E-state index in [1.165, 1.54) is 19.0 Å². The van der Waals surface area contributed by atoms with Gasteiger partial charge in [-0.15, -0.1) is 0 Å². The summed E-state index contributed by atoms with van der Waals surface area (Å²) < 4.78 is 0. The maximum absolute atomic E-state index is 11.3. The second kappa shape index (κ2) is 3.08. The van der Waals surface area contributed by atoms with Gasteiger partial charge in [0.2, 0.25) is 0 Å². The second-order valence-corrected chi connectivity index (χ2v) is 3.31. The van der Waals surface area contributed by atoms with E-state index in [4.69, 9.17) is 0 Å². The van der Waals surface area contributed by atoms with Gasteiger partial charge in [-0.05, 0) is 18.8 Å². The number of carbonyl (C=O) groups is 1. The van der Waals surface area contributed by atoms with Crippen LogP contribution in [0.4, 0.5) is 0 Å². The molecule has 1 aromatic heterocycles. The van der Waals surface area contributed by atoms with Gasteiger partial charge >= 0.3 is 5.69 Å². The zero-order valence-corrected chi connectivity index (χ0v) is 7.09. The second-order valence-electron chi connectivity index (χ2n) is 3.31. The van der Waals surface area contributed by atoms with Crippen molar-refractivity contribution in [1.82, 2.24) is 15.3 Å². The molecule has 0 unspecified atom stereocenters. The van der Waals surface area contributed by atoms with Gasteiger partial charge in [-0.2, -0.15) is 0 Å². The Balaban J connectivity index is 1.92. The Bertz CT molecular complexity index is 361. The van der Waals surface area contributed by atoms with Crippen LogP contribution in [0.3, 0.4) is 0 Å². The van der Waals surface area contributed by atoms with E-state index in [9.17, 15) is 9.59 Å². The van der Waals surface area contributed by atoms with E-state index < -0.39 is 0 Å². The molecule has 0 bridgehead atoms. The van der Waals surface area contributed by atoms with Crippen molar-refractivity contribution in [2.24, 2.45) is 5.92 Å². The summed E-state index contributed by atoms with van der Waals surface area (Å²) in [4.78, 5) is 26.7. The number of aromatic nitrogens is 2. The summed E-state index contributed by atoms with van der Waals surface area (Å²) in [5.74, 6) is 0.430. The zero-order chi connectivity index (χ0) is 9.26. The lowest BCUT2D eigenvalue weighted by Gasteiger charge is -1.99. The van der Waals surface area contributed by atoms with Crippen molar-refractivity contribution >= 4 is 5.91 Å². The number of aromatic amines is 2. The van der Waals surface area contributed by atoms with Crippen LogP contribution in [-0.4, -0.2) is 22.4 Å². The number of hydrogen-bond acceptors (Lipinski definition) is 2. The molecule has 13 heavy (non-hydrogen) atoms. The smallest absolute Gasteiger partial charge is 0.323 e. The van der Waals surface area contributed by atoms with Gasteiger partial charge in [-0.1, -0.05) is 0 Å². The Kier molecular flexibility index (Phi) is 1.92. The molecule has 0 aromatic carbocycles. The third kappa shape index (κ3) is 1.99. The van der Waals surface area contributed by atoms with Crippen LogP contribution in [0.2, 0.25) is 0 Å². The average molecular weight is 181 g/mol. The fourth-order valence-corrected chi connectivity index (χ4v) is 1.11. The van der Waals surface area contributed by atoms with Gasteiger partial charge in [0.1, 0.15) is 5.69 Å². The standard InChI is InChI=1S/C8H11N3O2/c12-7(9-3-5-1-2-5)6-4-10-8(13)11-6/h4-5H,1-3H2,(H,9,12)(H2,10,11,13). The van der Waals surface area contributed by atoms with Crippen molar-refractivity contribution < 1.29 is 4.79 Å². The highest BCUT2D eigenvalue weighted by atomic mass is 16.2. The highest BCUT2D eigenvalue weighted by molar-refractivity contribution is 5.91. The molecule has 1 aliphatic rings. The van der Waals surface area contributed by atoms with Gasteiger partial charge in [0, 0.05) is 12.7 Å². The molecule has 1 aliphatic carbocycles. The molecule has 1 aromatic rings. The van der Waals surface area contributed by atoms with Crippen molar-refractivity contribution in [3.05, 3.63) is 22.4 Å². The third-order valence-electron chi connectivity index (χ3n) is 2.09. The number of H-pyrrole nitrogens is 2. The fourth-order valence-electron chi connectivity index (χ4n) is 1.11. The van der Waals surface area contributed by atoms with Crippen LogP contribution in [0.1, 0.15) is 23.3 Å². The molecule has 5 nitrogen and oxygen atoms in total. The van der Waals surface area contributed by atoms with Crippen LogP contribution in [0.25, 0.3) is 0 Å². The van der Waals surface area contributed by atoms with E-state index in [2.05, 4.69) is 15.3 Å². The van der Waals surface area contributed by atoms with Crippen LogP contribution < -0.4 is 11.0 Å². The maximum Gasteiger partial charge on any atom is 0.323 e. The van der Waals surface area contributed by atoms with Crippen molar-refractivity contribution in [3.63, 3.8) is 0 Å². The zero-order valence-electron chi connectivity index (χ0n) is 7.09. The van der Waals surface area contributed by atoms with E-state index in [1.54, 1.807) is 0 Å². The minimum Gasteiger partial charge on any atom is -0.350 e. The summed E-state index contributed by atoms with van der Waals surface area (Å²) >= 11 is 0. The van der Waals surface area contributed by atoms with Crippen molar-refractivity contribution in [2.45, 2.75) is 12.8 Å². The lowest BCUT2D eigenvalue weighted by atomic mass is 10.4. The molecule has 1 heterocycles. The number of amides is 1. The van der Waals surface area contributed by atoms with Gasteiger partial charge in [-0.3, -0.25) is 4.79 Å². The van der Waals surface area contributed by atoms with E-state index >= 15 is 0 Å². The molecule has 1 amide bonds. The quantitative estimate of drug-likeness (QED) is 0.606. The molecule has 0 spiro atoms. The molecule has 1 fully saturated rings. The molecule has 70 valence electrons. The van der Waals surface area contributed by atoms with Gasteiger partial charge in [0.15, 0.2) is 0 Å². The van der Waals surface area contributed by atoms with E-state index in [0.29, 0.717) is 18.2 Å². The highest BCUT2D eigenvalue weighted by Crippen LogP contribution is 2.27. The number of imidazole rings is 1. The normalized spacial score (nSPS) is 15.7. The predicted molar refractivity (Wildman–Crippen MR) is 46.5 cm³/mol. The predicted octanol–water partition coefficient (Wildman–Crippen LogP) is -0.157. The third-order valence-corrected chi connectivity index (χ3v) is 2.09. The van der Waals surface area contributed by atoms with Gasteiger partial charge in [-0.25, -0.2) is 4.79 Å². The monoisotopic (exact) mass is 181 g/mol. The summed E-state index contributed by atoms with van der Waals surface area (Å²) in [6, 6.07) is 0. The minimum atomic E-state index is -0.350. The molecular formula is C8H11N3O2. The summed E-state index contributed by atoms with van der Waals surface area (Å²) in [5, 5.41) is 2.75. The first-order valence-electron chi connectivity index (χ1n) is 4.31. The molecule has 0 atom stereocenters. The topological polar surface area (TPSA) is 77.8 Å². The SMILES string of the molecule is O=C(NCC1CC1)c1c[nH]c(=O)[nH]1. The highest BCUT2D eigenvalue weighted by Gasteiger charge is 2.22. The first-order valence-corrected chi connectivity index (χ1v) is 4.31. The summed E-state index contributed by atoms with van der Waals surface area (Å²) in [6.07, 6.45) is 3.78. The summed E-state index contributed by atoms with van der Waals surface area (Å²) in [7, 11) is 0. The Morgan fingerprint density at radius 1 is 1.62 bits per heavy atom. The van der Waals surface area contributed by atoms with Crippen LogP contribution in [0, 0.1) is 5.92 Å². The molecular weight excluding hydrogens is 170 g/mol. The lowest BCUT2D eigenvalue weighted by molar-refractivity contribution is 0.0947. The molecule has 0 saturated heterocycles.